The SMILES string of the molecule is Cc1nc2ccccc2n1CCNC(=O)CCC(=O)c1ccccc1. The minimum Gasteiger partial charge on any atom is -0.354 e. The molecule has 2 aromatic carbocycles. The second-order valence-corrected chi connectivity index (χ2v) is 5.94. The summed E-state index contributed by atoms with van der Waals surface area (Å²) in [5.41, 5.74) is 2.67. The molecule has 0 aliphatic carbocycles. The zero-order valence-corrected chi connectivity index (χ0v) is 14.2. The van der Waals surface area contributed by atoms with E-state index in [0.29, 0.717) is 18.7 Å². The van der Waals surface area contributed by atoms with Gasteiger partial charge in [-0.3, -0.25) is 9.59 Å². The lowest BCUT2D eigenvalue weighted by molar-refractivity contribution is -0.121. The Hall–Kier alpha value is -2.95. The molecule has 0 spiro atoms. The standard InChI is InChI=1S/C20H21N3O2/c1-15-22-17-9-5-6-10-18(17)23(15)14-13-21-20(25)12-11-19(24)16-7-3-2-4-8-16/h2-10H,11-14H2,1H3,(H,21,25). The van der Waals surface area contributed by atoms with E-state index in [1.165, 1.54) is 0 Å². The van der Waals surface area contributed by atoms with Crippen LogP contribution in [0.25, 0.3) is 11.0 Å². The molecular formula is C20H21N3O2. The molecule has 128 valence electrons. The normalized spacial score (nSPS) is 10.8. The van der Waals surface area contributed by atoms with Gasteiger partial charge in [0.2, 0.25) is 5.91 Å². The summed E-state index contributed by atoms with van der Waals surface area (Å²) in [6, 6.07) is 17.0. The summed E-state index contributed by atoms with van der Waals surface area (Å²) in [7, 11) is 0. The van der Waals surface area contributed by atoms with Crippen LogP contribution in [0.4, 0.5) is 0 Å². The molecule has 1 N–H and O–H groups in total. The van der Waals surface area contributed by atoms with Crippen molar-refractivity contribution in [2.24, 2.45) is 0 Å². The van der Waals surface area contributed by atoms with E-state index in [1.807, 2.05) is 49.4 Å². The first-order valence-electron chi connectivity index (χ1n) is 8.42. The van der Waals surface area contributed by atoms with Gasteiger partial charge in [-0.15, -0.1) is 0 Å². The Labute approximate surface area is 146 Å². The van der Waals surface area contributed by atoms with E-state index in [0.717, 1.165) is 16.9 Å². The number of rotatable bonds is 7. The number of para-hydroxylation sites is 2. The van der Waals surface area contributed by atoms with Crippen molar-refractivity contribution in [1.29, 1.82) is 0 Å². The number of nitrogens with one attached hydrogen (secondary N) is 1. The van der Waals surface area contributed by atoms with E-state index < -0.39 is 0 Å². The molecule has 5 heteroatoms. The number of imidazole rings is 1. The number of fused-ring (bicyclic) bond motifs is 1. The summed E-state index contributed by atoms with van der Waals surface area (Å²) in [5, 5.41) is 2.88. The van der Waals surface area contributed by atoms with Crippen LogP contribution in [-0.2, 0) is 11.3 Å². The first kappa shape index (κ1) is 16.9. The second kappa shape index (κ2) is 7.75. The van der Waals surface area contributed by atoms with Crippen LogP contribution in [0.3, 0.4) is 0 Å². The molecule has 25 heavy (non-hydrogen) atoms. The first-order valence-corrected chi connectivity index (χ1v) is 8.42. The molecule has 1 heterocycles. The lowest BCUT2D eigenvalue weighted by Crippen LogP contribution is -2.27. The Bertz CT molecular complexity index is 884. The van der Waals surface area contributed by atoms with Gasteiger partial charge < -0.3 is 9.88 Å². The lowest BCUT2D eigenvalue weighted by atomic mass is 10.1. The highest BCUT2D eigenvalue weighted by Crippen LogP contribution is 2.14. The van der Waals surface area contributed by atoms with Crippen LogP contribution in [0.1, 0.15) is 29.0 Å². The lowest BCUT2D eigenvalue weighted by Gasteiger charge is -2.08. The van der Waals surface area contributed by atoms with Gasteiger partial charge in [0.15, 0.2) is 5.78 Å². The van der Waals surface area contributed by atoms with Crippen LogP contribution >= 0.6 is 0 Å². The summed E-state index contributed by atoms with van der Waals surface area (Å²) in [6.07, 6.45) is 0.431. The molecule has 3 rings (SSSR count). The molecule has 0 aliphatic rings. The van der Waals surface area contributed by atoms with E-state index >= 15 is 0 Å². The maximum Gasteiger partial charge on any atom is 0.220 e. The number of hydrogen-bond acceptors (Lipinski definition) is 3. The van der Waals surface area contributed by atoms with Crippen LogP contribution in [0.15, 0.2) is 54.6 Å². The van der Waals surface area contributed by atoms with E-state index in [2.05, 4.69) is 14.9 Å². The average Bonchev–Trinajstić information content (AvgIpc) is 2.96. The highest BCUT2D eigenvalue weighted by molar-refractivity contribution is 5.97. The minimum absolute atomic E-state index is 0.00722. The van der Waals surface area contributed by atoms with Crippen molar-refractivity contribution < 1.29 is 9.59 Å². The molecular weight excluding hydrogens is 314 g/mol. The van der Waals surface area contributed by atoms with Gasteiger partial charge in [-0.05, 0) is 19.1 Å². The van der Waals surface area contributed by atoms with Gasteiger partial charge in [0.1, 0.15) is 5.82 Å². The number of amides is 1. The predicted octanol–water partition coefficient (Wildman–Crippen LogP) is 3.12. The second-order valence-electron chi connectivity index (χ2n) is 5.94. The topological polar surface area (TPSA) is 64.0 Å². The molecule has 0 saturated heterocycles. The van der Waals surface area contributed by atoms with Gasteiger partial charge in [-0.2, -0.15) is 0 Å². The summed E-state index contributed by atoms with van der Waals surface area (Å²) in [5.74, 6) is 0.813. The molecule has 0 atom stereocenters. The minimum atomic E-state index is -0.105. The Morgan fingerprint density at radius 1 is 1.00 bits per heavy atom. The van der Waals surface area contributed by atoms with Crippen LogP contribution in [0.5, 0.6) is 0 Å². The molecule has 1 amide bonds. The molecule has 0 unspecified atom stereocenters. The molecule has 1 aromatic heterocycles. The molecule has 3 aromatic rings. The van der Waals surface area contributed by atoms with Crippen molar-refractivity contribution in [1.82, 2.24) is 14.9 Å². The van der Waals surface area contributed by atoms with Gasteiger partial charge in [0.25, 0.3) is 0 Å². The summed E-state index contributed by atoms with van der Waals surface area (Å²) < 4.78 is 2.09. The third-order valence-electron chi connectivity index (χ3n) is 4.18. The summed E-state index contributed by atoms with van der Waals surface area (Å²) in [6.45, 7) is 3.13. The van der Waals surface area contributed by atoms with Gasteiger partial charge in [-0.25, -0.2) is 4.98 Å². The van der Waals surface area contributed by atoms with Crippen LogP contribution < -0.4 is 5.32 Å². The van der Waals surface area contributed by atoms with Crippen molar-refractivity contribution in [3.63, 3.8) is 0 Å². The number of nitrogens with zero attached hydrogens (tertiary/aromatic N) is 2. The fourth-order valence-electron chi connectivity index (χ4n) is 2.87. The third-order valence-corrected chi connectivity index (χ3v) is 4.18. The van der Waals surface area contributed by atoms with E-state index in [9.17, 15) is 9.59 Å². The average molecular weight is 335 g/mol. The molecule has 0 aliphatic heterocycles. The Balaban J connectivity index is 1.48. The maximum absolute atomic E-state index is 12.0. The smallest absolute Gasteiger partial charge is 0.220 e. The Morgan fingerprint density at radius 2 is 1.72 bits per heavy atom. The number of benzene rings is 2. The molecule has 5 nitrogen and oxygen atoms in total. The highest BCUT2D eigenvalue weighted by atomic mass is 16.2. The van der Waals surface area contributed by atoms with Crippen molar-refractivity contribution >= 4 is 22.7 Å². The first-order chi connectivity index (χ1) is 12.1. The monoisotopic (exact) mass is 335 g/mol. The zero-order chi connectivity index (χ0) is 17.6. The molecule has 0 radical (unpaired) electrons. The van der Waals surface area contributed by atoms with Crippen LogP contribution in [-0.4, -0.2) is 27.8 Å². The quantitative estimate of drug-likeness (QED) is 0.675. The fraction of sp³-hybridized carbons (Fsp3) is 0.250. The Kier molecular flexibility index (Phi) is 5.23. The van der Waals surface area contributed by atoms with E-state index in [-0.39, 0.29) is 24.5 Å². The van der Waals surface area contributed by atoms with Crippen molar-refractivity contribution in [3.05, 3.63) is 66.0 Å². The third kappa shape index (κ3) is 4.12. The van der Waals surface area contributed by atoms with E-state index in [4.69, 9.17) is 0 Å². The number of Topliss-reactive ketones (excluding diaryl/α,β-unsaturated/α-hetero) is 1. The van der Waals surface area contributed by atoms with Crippen LogP contribution in [0, 0.1) is 6.92 Å². The zero-order valence-electron chi connectivity index (χ0n) is 14.2. The number of aromatic nitrogens is 2. The fourth-order valence-corrected chi connectivity index (χ4v) is 2.87. The Morgan fingerprint density at radius 3 is 2.52 bits per heavy atom. The van der Waals surface area contributed by atoms with Crippen molar-refractivity contribution in [3.8, 4) is 0 Å². The summed E-state index contributed by atoms with van der Waals surface area (Å²) in [4.78, 5) is 28.5. The number of ketones is 1. The number of carbonyl (C=O) groups excluding carboxylic acids is 2. The predicted molar refractivity (Wildman–Crippen MR) is 97.5 cm³/mol. The number of hydrogen-bond donors (Lipinski definition) is 1. The highest BCUT2D eigenvalue weighted by Gasteiger charge is 2.10. The van der Waals surface area contributed by atoms with E-state index in [1.54, 1.807) is 12.1 Å². The van der Waals surface area contributed by atoms with Gasteiger partial charge in [0.05, 0.1) is 11.0 Å². The summed E-state index contributed by atoms with van der Waals surface area (Å²) >= 11 is 0. The van der Waals surface area contributed by atoms with Crippen molar-refractivity contribution in [2.45, 2.75) is 26.3 Å². The van der Waals surface area contributed by atoms with Crippen LogP contribution in [0.2, 0.25) is 0 Å². The molecule has 0 bridgehead atoms. The van der Waals surface area contributed by atoms with Crippen molar-refractivity contribution in [2.75, 3.05) is 6.54 Å². The van der Waals surface area contributed by atoms with Gasteiger partial charge in [-0.1, -0.05) is 42.5 Å². The molecule has 0 saturated carbocycles. The number of carbonyl (C=O) groups is 2. The van der Waals surface area contributed by atoms with Gasteiger partial charge in [0, 0.05) is 31.5 Å². The molecule has 0 fully saturated rings. The maximum atomic E-state index is 12.0. The largest absolute Gasteiger partial charge is 0.354 e. The number of aryl methyl sites for hydroxylation is 1. The van der Waals surface area contributed by atoms with Gasteiger partial charge >= 0.3 is 0 Å².